The van der Waals surface area contributed by atoms with E-state index >= 15 is 0 Å². The summed E-state index contributed by atoms with van der Waals surface area (Å²) in [6.07, 6.45) is 6.37. The first-order chi connectivity index (χ1) is 35.8. The number of rotatable bonds is 22. The van der Waals surface area contributed by atoms with Gasteiger partial charge in [-0.05, 0) is 98.0 Å². The molecule has 1 aliphatic rings. The van der Waals surface area contributed by atoms with Gasteiger partial charge in [-0.3, -0.25) is 28.4 Å². The molecule has 0 unspecified atom stereocenters. The number of hydrogen-bond acceptors (Lipinski definition) is 10. The number of thiazole rings is 1. The summed E-state index contributed by atoms with van der Waals surface area (Å²) in [5, 5.41) is 34.1. The lowest BCUT2D eigenvalue weighted by molar-refractivity contribution is -0.144. The van der Waals surface area contributed by atoms with Crippen LogP contribution in [-0.4, -0.2) is 99.2 Å². The molecule has 398 valence electrons. The lowest BCUT2D eigenvalue weighted by Gasteiger charge is -2.35. The number of hydrogen-bond donors (Lipinski definition) is 4. The minimum Gasteiger partial charge on any atom is -0.391 e. The molecule has 20 heteroatoms. The molecule has 4 amide bonds. The Morgan fingerprint density at radius 1 is 0.880 bits per heavy atom. The van der Waals surface area contributed by atoms with Crippen molar-refractivity contribution in [2.75, 3.05) is 13.1 Å². The van der Waals surface area contributed by atoms with Crippen LogP contribution in [0.15, 0.2) is 84.6 Å². The van der Waals surface area contributed by atoms with Crippen molar-refractivity contribution in [3.05, 3.63) is 113 Å². The van der Waals surface area contributed by atoms with E-state index in [1.54, 1.807) is 52.0 Å². The van der Waals surface area contributed by atoms with Gasteiger partial charge in [-0.2, -0.15) is 18.3 Å². The number of aliphatic hydroxyl groups is 1. The Morgan fingerprint density at radius 3 is 2.33 bits per heavy atom. The van der Waals surface area contributed by atoms with E-state index in [-0.39, 0.29) is 49.6 Å². The number of aromatic nitrogens is 7. The normalized spacial score (nSPS) is 15.5. The van der Waals surface area contributed by atoms with Crippen LogP contribution in [0.25, 0.3) is 38.1 Å². The molecule has 1 saturated heterocycles. The summed E-state index contributed by atoms with van der Waals surface area (Å²) >= 11 is 1.57. The van der Waals surface area contributed by atoms with Crippen LogP contribution in [0.4, 0.5) is 13.2 Å². The average molecular weight is 1050 g/mol. The number of alkyl halides is 3. The van der Waals surface area contributed by atoms with Gasteiger partial charge >= 0.3 is 6.18 Å². The molecule has 75 heavy (non-hydrogen) atoms. The molecule has 8 rings (SSSR count). The molecular formula is C55H66F3N11O5S. The van der Waals surface area contributed by atoms with Crippen molar-refractivity contribution in [1.82, 2.24) is 55.2 Å². The standard InChI is InChI=1S/C55H66F3N11O5S/c1-35-48(75-34-61-35)37-18-16-36(17-19-37)30-60-52(73)46-29-42(70)32-67(46)53(74)49(54(2,3)4)63-47(71)15-11-9-10-14-41-31-62-65-68(41)27-13-8-6-7-12-26-59-51(72)38-20-25-45-43(28-38)44-33-66(5)64-50(44)69(45)40-23-21-39(22-24-40)55(56,57)58/h16-25,28,31,33-34,42,46,49,70H,6-15,26-27,29-30,32H2,1-5H3,(H,59,72)(H,60,73)(H,63,71)/t42-,46+,49-/m1/s1. The molecule has 4 N–H and O–H groups in total. The fraction of sp³-hybridized carbons (Fsp3) is 0.455. The maximum absolute atomic E-state index is 14.1. The topological polar surface area (TPSA) is 194 Å². The second-order valence-corrected chi connectivity index (χ2v) is 21.5. The van der Waals surface area contributed by atoms with Gasteiger partial charge in [0.25, 0.3) is 5.91 Å². The quantitative estimate of drug-likeness (QED) is 0.0480. The summed E-state index contributed by atoms with van der Waals surface area (Å²) in [6, 6.07) is 16.4. The van der Waals surface area contributed by atoms with Crippen LogP contribution in [-0.2, 0) is 47.1 Å². The van der Waals surface area contributed by atoms with E-state index in [2.05, 4.69) is 36.3 Å². The molecule has 4 aromatic heterocycles. The summed E-state index contributed by atoms with van der Waals surface area (Å²) in [5.74, 6) is -1.18. The first-order valence-electron chi connectivity index (χ1n) is 25.7. The number of fused-ring (bicyclic) bond motifs is 3. The molecule has 0 spiro atoms. The van der Waals surface area contributed by atoms with Gasteiger partial charge in [-0.1, -0.05) is 75.9 Å². The molecule has 0 saturated carbocycles. The highest BCUT2D eigenvalue weighted by Gasteiger charge is 2.44. The van der Waals surface area contributed by atoms with E-state index in [0.29, 0.717) is 29.9 Å². The van der Waals surface area contributed by atoms with Crippen molar-refractivity contribution >= 4 is 56.9 Å². The zero-order valence-electron chi connectivity index (χ0n) is 43.1. The van der Waals surface area contributed by atoms with Crippen LogP contribution in [0.1, 0.15) is 118 Å². The third-order valence-corrected chi connectivity index (χ3v) is 14.8. The Hall–Kier alpha value is -6.93. The predicted molar refractivity (Wildman–Crippen MR) is 282 cm³/mol. The first-order valence-corrected chi connectivity index (χ1v) is 26.6. The average Bonchev–Trinajstić information content (AvgIpc) is 4.24. The first kappa shape index (κ1) is 54.3. The number of likely N-dealkylation sites (tertiary alicyclic amines) is 1. The van der Waals surface area contributed by atoms with Gasteiger partial charge in [0, 0.05) is 74.3 Å². The Labute approximate surface area is 438 Å². The van der Waals surface area contributed by atoms with E-state index in [1.165, 1.54) is 17.0 Å². The zero-order valence-corrected chi connectivity index (χ0v) is 43.9. The molecule has 1 aliphatic heterocycles. The van der Waals surface area contributed by atoms with Gasteiger partial charge in [-0.15, -0.1) is 16.4 Å². The van der Waals surface area contributed by atoms with E-state index in [0.717, 1.165) is 114 Å². The molecule has 1 fully saturated rings. The number of carbonyl (C=O) groups is 4. The SMILES string of the molecule is Cc1ncsc1-c1ccc(CNC(=O)[C@@H]2C[C@@H](O)CN2C(=O)[C@@H](NC(=O)CCCCCc2cnnn2CCCCCCCNC(=O)c2ccc3c(c2)c2cn(C)nc2n3-c2ccc(C(F)(F)F)cc2)C(C)(C)C)cc1. The minimum atomic E-state index is -4.44. The zero-order chi connectivity index (χ0) is 53.4. The highest BCUT2D eigenvalue weighted by Crippen LogP contribution is 2.35. The van der Waals surface area contributed by atoms with Gasteiger partial charge in [0.1, 0.15) is 12.1 Å². The maximum atomic E-state index is 14.1. The van der Waals surface area contributed by atoms with Crippen molar-refractivity contribution in [2.45, 2.75) is 136 Å². The van der Waals surface area contributed by atoms with Crippen molar-refractivity contribution in [2.24, 2.45) is 12.5 Å². The van der Waals surface area contributed by atoms with E-state index < -0.39 is 35.3 Å². The number of halogens is 3. The fourth-order valence-corrected chi connectivity index (χ4v) is 10.6. The van der Waals surface area contributed by atoms with E-state index in [1.807, 2.05) is 68.3 Å². The number of carbonyl (C=O) groups excluding carboxylic acids is 4. The van der Waals surface area contributed by atoms with E-state index in [4.69, 9.17) is 0 Å². The van der Waals surface area contributed by atoms with Crippen molar-refractivity contribution in [1.29, 1.82) is 0 Å². The molecule has 3 aromatic carbocycles. The summed E-state index contributed by atoms with van der Waals surface area (Å²) in [5.41, 5.74) is 6.72. The number of amides is 4. The number of nitrogens with zero attached hydrogens (tertiary/aromatic N) is 8. The number of nitrogens with one attached hydrogen (secondary N) is 3. The third kappa shape index (κ3) is 13.3. The van der Waals surface area contributed by atoms with Crippen molar-refractivity contribution < 1.29 is 37.5 Å². The van der Waals surface area contributed by atoms with Crippen LogP contribution in [0, 0.1) is 12.3 Å². The summed E-state index contributed by atoms with van der Waals surface area (Å²) in [4.78, 5) is 60.9. The lowest BCUT2D eigenvalue weighted by atomic mass is 9.85. The van der Waals surface area contributed by atoms with Crippen LogP contribution >= 0.6 is 11.3 Å². The molecule has 0 bridgehead atoms. The molecule has 7 aromatic rings. The van der Waals surface area contributed by atoms with Gasteiger partial charge in [-0.25, -0.2) is 9.67 Å². The third-order valence-electron chi connectivity index (χ3n) is 13.8. The molecule has 16 nitrogen and oxygen atoms in total. The lowest BCUT2D eigenvalue weighted by Crippen LogP contribution is -2.57. The smallest absolute Gasteiger partial charge is 0.391 e. The van der Waals surface area contributed by atoms with Crippen LogP contribution in [0.2, 0.25) is 0 Å². The van der Waals surface area contributed by atoms with Gasteiger partial charge in [0.05, 0.1) is 45.2 Å². The fourth-order valence-electron chi connectivity index (χ4n) is 9.76. The van der Waals surface area contributed by atoms with Crippen molar-refractivity contribution in [3.8, 4) is 16.1 Å². The van der Waals surface area contributed by atoms with Crippen molar-refractivity contribution in [3.63, 3.8) is 0 Å². The Bertz CT molecular complexity index is 3100. The largest absolute Gasteiger partial charge is 0.416 e. The second-order valence-electron chi connectivity index (χ2n) is 20.6. The van der Waals surface area contributed by atoms with Gasteiger partial charge in [0.15, 0.2) is 5.65 Å². The van der Waals surface area contributed by atoms with Crippen LogP contribution in [0.3, 0.4) is 0 Å². The number of unbranched alkanes of at least 4 members (excludes halogenated alkanes) is 6. The van der Waals surface area contributed by atoms with Crippen LogP contribution < -0.4 is 16.0 Å². The van der Waals surface area contributed by atoms with Gasteiger partial charge < -0.3 is 26.0 Å². The summed E-state index contributed by atoms with van der Waals surface area (Å²) in [7, 11) is 1.77. The number of aliphatic hydroxyl groups excluding tert-OH is 1. The molecule has 0 aliphatic carbocycles. The molecular weight excluding hydrogens is 984 g/mol. The number of aryl methyl sites for hydroxylation is 4. The van der Waals surface area contributed by atoms with E-state index in [9.17, 15) is 37.5 Å². The summed E-state index contributed by atoms with van der Waals surface area (Å²) < 4.78 is 45.1. The maximum Gasteiger partial charge on any atom is 0.416 e. The second kappa shape index (κ2) is 23.7. The monoisotopic (exact) mass is 1050 g/mol. The Balaban J connectivity index is 0.716. The molecule has 3 atom stereocenters. The summed E-state index contributed by atoms with van der Waals surface area (Å²) in [6.45, 7) is 9.12. The highest BCUT2D eigenvalue weighted by molar-refractivity contribution is 7.13. The number of β-amino-alcohol motifs (C(OH)–C–C–N with tert-alkyl or cyclic N) is 1. The Kier molecular flexibility index (Phi) is 17.2. The Morgan fingerprint density at radius 2 is 1.61 bits per heavy atom. The van der Waals surface area contributed by atoms with Crippen LogP contribution in [0.5, 0.6) is 0 Å². The predicted octanol–water partition coefficient (Wildman–Crippen LogP) is 8.85. The molecule has 0 radical (unpaired) electrons. The minimum absolute atomic E-state index is 0.00760. The molecule has 5 heterocycles. The number of benzene rings is 3. The van der Waals surface area contributed by atoms with Gasteiger partial charge in [0.2, 0.25) is 17.7 Å². The highest BCUT2D eigenvalue weighted by atomic mass is 32.1.